The van der Waals surface area contributed by atoms with Crippen molar-refractivity contribution in [3.8, 4) is 11.1 Å². The summed E-state index contributed by atoms with van der Waals surface area (Å²) < 4.78 is 6.91. The predicted molar refractivity (Wildman–Crippen MR) is 115 cm³/mol. The normalized spacial score (nSPS) is 15.0. The van der Waals surface area contributed by atoms with Gasteiger partial charge in [0.15, 0.2) is 0 Å². The lowest BCUT2D eigenvalue weighted by molar-refractivity contribution is -0.123. The van der Waals surface area contributed by atoms with Crippen molar-refractivity contribution in [2.45, 2.75) is 32.4 Å². The molecule has 3 aromatic rings. The van der Waals surface area contributed by atoms with E-state index in [-0.39, 0.29) is 18.2 Å². The van der Waals surface area contributed by atoms with Gasteiger partial charge in [-0.25, -0.2) is 4.68 Å². The molecule has 154 valence electrons. The van der Waals surface area contributed by atoms with Gasteiger partial charge in [-0.2, -0.15) is 5.10 Å². The molecule has 2 N–H and O–H groups in total. The summed E-state index contributed by atoms with van der Waals surface area (Å²) >= 11 is 0. The average molecular weight is 404 g/mol. The predicted octanol–water partition coefficient (Wildman–Crippen LogP) is 3.78. The Balaban J connectivity index is 1.58. The lowest BCUT2D eigenvalue weighted by Crippen LogP contribution is -2.24. The molecule has 1 aliphatic rings. The molecule has 0 spiro atoms. The number of hydrogen-bond acceptors (Lipinski definition) is 4. The first-order valence-corrected chi connectivity index (χ1v) is 9.96. The van der Waals surface area contributed by atoms with Crippen molar-refractivity contribution >= 4 is 23.3 Å². The van der Waals surface area contributed by atoms with E-state index >= 15 is 0 Å². The minimum Gasteiger partial charge on any atom is -0.378 e. The van der Waals surface area contributed by atoms with Gasteiger partial charge in [0.1, 0.15) is 11.9 Å². The molecule has 4 rings (SSSR count). The number of amides is 2. The molecule has 0 saturated heterocycles. The van der Waals surface area contributed by atoms with Gasteiger partial charge in [0.2, 0.25) is 5.91 Å². The quantitative estimate of drug-likeness (QED) is 0.628. The second kappa shape index (κ2) is 8.51. The lowest BCUT2D eigenvalue weighted by Gasteiger charge is -2.10. The van der Waals surface area contributed by atoms with Crippen molar-refractivity contribution < 1.29 is 14.3 Å². The number of rotatable bonds is 7. The number of carbonyl (C=O) groups excluding carboxylic acids is 2. The van der Waals surface area contributed by atoms with E-state index in [0.29, 0.717) is 18.1 Å². The summed E-state index contributed by atoms with van der Waals surface area (Å²) in [6.45, 7) is 2.39. The molecular formula is C23H24N4O3. The van der Waals surface area contributed by atoms with E-state index in [4.69, 9.17) is 4.74 Å². The third-order valence-electron chi connectivity index (χ3n) is 5.19. The Morgan fingerprint density at radius 1 is 1.17 bits per heavy atom. The smallest absolute Gasteiger partial charge is 0.251 e. The molecule has 1 atom stereocenters. The van der Waals surface area contributed by atoms with E-state index in [1.807, 2.05) is 54.6 Å². The third kappa shape index (κ3) is 3.84. The first-order chi connectivity index (χ1) is 14.6. The van der Waals surface area contributed by atoms with Crippen molar-refractivity contribution in [1.29, 1.82) is 0 Å². The number of aromatic nitrogens is 2. The van der Waals surface area contributed by atoms with Crippen LogP contribution in [-0.4, -0.2) is 28.7 Å². The van der Waals surface area contributed by atoms with Gasteiger partial charge >= 0.3 is 0 Å². The van der Waals surface area contributed by atoms with Gasteiger partial charge in [0.25, 0.3) is 5.91 Å². The SMILES string of the molecule is CCc1ccc(NC(=O)CC2C(=O)Nc3c(-c4ccccc4)c(COC)nn32)cc1. The Morgan fingerprint density at radius 2 is 1.90 bits per heavy atom. The van der Waals surface area contributed by atoms with Crippen LogP contribution < -0.4 is 10.6 Å². The molecule has 1 aromatic heterocycles. The van der Waals surface area contributed by atoms with Crippen LogP contribution in [0, 0.1) is 0 Å². The van der Waals surface area contributed by atoms with E-state index in [9.17, 15) is 9.59 Å². The molecule has 2 aromatic carbocycles. The lowest BCUT2D eigenvalue weighted by atomic mass is 10.1. The van der Waals surface area contributed by atoms with Crippen molar-refractivity contribution in [1.82, 2.24) is 9.78 Å². The molecule has 2 heterocycles. The highest BCUT2D eigenvalue weighted by Gasteiger charge is 2.37. The molecule has 30 heavy (non-hydrogen) atoms. The van der Waals surface area contributed by atoms with Gasteiger partial charge in [-0.3, -0.25) is 9.59 Å². The standard InChI is InChI=1S/C23H24N4O3/c1-3-15-9-11-17(12-10-15)24-20(28)13-19-23(29)25-22-21(16-7-5-4-6-8-16)18(14-30-2)26-27(19)22/h4-12,19H,3,13-14H2,1-2H3,(H,24,28)(H,25,29). The number of nitrogens with zero attached hydrogens (tertiary/aromatic N) is 2. The van der Waals surface area contributed by atoms with Crippen LogP contribution in [0.3, 0.4) is 0 Å². The molecule has 0 saturated carbocycles. The van der Waals surface area contributed by atoms with Crippen molar-refractivity contribution in [3.63, 3.8) is 0 Å². The second-order valence-corrected chi connectivity index (χ2v) is 7.22. The van der Waals surface area contributed by atoms with E-state index in [1.54, 1.807) is 11.8 Å². The molecule has 7 heteroatoms. The molecular weight excluding hydrogens is 380 g/mol. The van der Waals surface area contributed by atoms with Crippen LogP contribution in [0.5, 0.6) is 0 Å². The zero-order valence-corrected chi connectivity index (χ0v) is 17.0. The largest absolute Gasteiger partial charge is 0.378 e. The summed E-state index contributed by atoms with van der Waals surface area (Å²) in [5.41, 5.74) is 4.39. The fourth-order valence-electron chi connectivity index (χ4n) is 3.67. The second-order valence-electron chi connectivity index (χ2n) is 7.22. The van der Waals surface area contributed by atoms with Gasteiger partial charge in [0, 0.05) is 18.4 Å². The van der Waals surface area contributed by atoms with E-state index in [2.05, 4.69) is 22.7 Å². The first-order valence-electron chi connectivity index (χ1n) is 9.96. The Morgan fingerprint density at radius 3 is 2.57 bits per heavy atom. The molecule has 1 aliphatic heterocycles. The number of ether oxygens (including phenoxy) is 1. The highest BCUT2D eigenvalue weighted by atomic mass is 16.5. The van der Waals surface area contributed by atoms with Gasteiger partial charge in [-0.15, -0.1) is 0 Å². The van der Waals surface area contributed by atoms with Gasteiger partial charge in [-0.1, -0.05) is 49.4 Å². The van der Waals surface area contributed by atoms with Crippen molar-refractivity contribution in [2.75, 3.05) is 17.7 Å². The van der Waals surface area contributed by atoms with Crippen molar-refractivity contribution in [2.24, 2.45) is 0 Å². The molecule has 0 bridgehead atoms. The van der Waals surface area contributed by atoms with E-state index in [1.165, 1.54) is 5.56 Å². The van der Waals surface area contributed by atoms with Crippen LogP contribution >= 0.6 is 0 Å². The Hall–Kier alpha value is -3.45. The van der Waals surface area contributed by atoms with Crippen LogP contribution in [0.25, 0.3) is 11.1 Å². The van der Waals surface area contributed by atoms with Crippen molar-refractivity contribution in [3.05, 3.63) is 65.9 Å². The topological polar surface area (TPSA) is 85.2 Å². The number of anilines is 2. The van der Waals surface area contributed by atoms with Gasteiger partial charge in [-0.05, 0) is 29.7 Å². The van der Waals surface area contributed by atoms with Crippen LogP contribution in [0.1, 0.15) is 30.6 Å². The summed E-state index contributed by atoms with van der Waals surface area (Å²) in [5.74, 6) is 0.121. The number of hydrogen-bond donors (Lipinski definition) is 2. The summed E-state index contributed by atoms with van der Waals surface area (Å²) in [6.07, 6.45) is 0.933. The fraction of sp³-hybridized carbons (Fsp3) is 0.261. The molecule has 2 amide bonds. The maximum Gasteiger partial charge on any atom is 0.251 e. The zero-order valence-electron chi connectivity index (χ0n) is 17.0. The van der Waals surface area contributed by atoms with Crippen LogP contribution in [0.2, 0.25) is 0 Å². The van der Waals surface area contributed by atoms with Crippen LogP contribution in [-0.2, 0) is 27.4 Å². The number of carbonyl (C=O) groups is 2. The zero-order chi connectivity index (χ0) is 21.1. The minimum absolute atomic E-state index is 0.00328. The molecule has 0 fully saturated rings. The highest BCUT2D eigenvalue weighted by Crippen LogP contribution is 2.38. The highest BCUT2D eigenvalue weighted by molar-refractivity contribution is 6.04. The Bertz CT molecular complexity index is 1060. The molecule has 7 nitrogen and oxygen atoms in total. The van der Waals surface area contributed by atoms with Crippen LogP contribution in [0.15, 0.2) is 54.6 Å². The molecule has 0 radical (unpaired) electrons. The minimum atomic E-state index is -0.706. The average Bonchev–Trinajstić information content (AvgIpc) is 3.24. The Labute approximate surface area is 175 Å². The molecule has 1 unspecified atom stereocenters. The van der Waals surface area contributed by atoms with E-state index in [0.717, 1.165) is 23.2 Å². The van der Waals surface area contributed by atoms with E-state index < -0.39 is 6.04 Å². The number of nitrogens with one attached hydrogen (secondary N) is 2. The maximum absolute atomic E-state index is 12.6. The number of methoxy groups -OCH3 is 1. The summed E-state index contributed by atoms with van der Waals surface area (Å²) in [6, 6.07) is 16.7. The summed E-state index contributed by atoms with van der Waals surface area (Å²) in [7, 11) is 1.60. The van der Waals surface area contributed by atoms with Crippen LogP contribution in [0.4, 0.5) is 11.5 Å². The summed E-state index contributed by atoms with van der Waals surface area (Å²) in [4.78, 5) is 25.2. The van der Waals surface area contributed by atoms with Gasteiger partial charge in [0.05, 0.1) is 18.7 Å². The number of fused-ring (bicyclic) bond motifs is 1. The Kier molecular flexibility index (Phi) is 5.63. The maximum atomic E-state index is 12.6. The monoisotopic (exact) mass is 404 g/mol. The third-order valence-corrected chi connectivity index (χ3v) is 5.19. The summed E-state index contributed by atoms with van der Waals surface area (Å²) in [5, 5.41) is 10.4. The van der Waals surface area contributed by atoms with Gasteiger partial charge < -0.3 is 15.4 Å². The molecule has 0 aliphatic carbocycles. The fourth-order valence-corrected chi connectivity index (χ4v) is 3.67. The first kappa shape index (κ1) is 19.8. The number of benzene rings is 2. The number of aryl methyl sites for hydroxylation is 1.